The Kier molecular flexibility index (Phi) is 4.10. The zero-order valence-corrected chi connectivity index (χ0v) is 13.9. The number of nitrogens with zero attached hydrogens (tertiary/aromatic N) is 2. The maximum Gasteiger partial charge on any atom is 0.196 e. The number of fused-ring (bicyclic) bond motifs is 1. The molecule has 1 N–H and O–H groups in total. The van der Waals surface area contributed by atoms with Crippen molar-refractivity contribution in [2.75, 3.05) is 0 Å². The van der Waals surface area contributed by atoms with E-state index in [4.69, 9.17) is 0 Å². The summed E-state index contributed by atoms with van der Waals surface area (Å²) in [5.74, 6) is 0.880. The van der Waals surface area contributed by atoms with Gasteiger partial charge >= 0.3 is 0 Å². The molecule has 1 unspecified atom stereocenters. The van der Waals surface area contributed by atoms with Gasteiger partial charge in [-0.05, 0) is 42.4 Å². The van der Waals surface area contributed by atoms with Crippen LogP contribution in [0.4, 0.5) is 0 Å². The Bertz CT molecular complexity index is 899. The van der Waals surface area contributed by atoms with Gasteiger partial charge in [0.25, 0.3) is 0 Å². The molecule has 1 aliphatic carbocycles. The summed E-state index contributed by atoms with van der Waals surface area (Å²) in [6, 6.07) is 15.0. The third kappa shape index (κ3) is 3.20. The third-order valence-corrected chi connectivity index (χ3v) is 4.94. The van der Waals surface area contributed by atoms with Gasteiger partial charge in [0.05, 0.1) is 11.8 Å². The average Bonchev–Trinajstić information content (AvgIpc) is 3.10. The van der Waals surface area contributed by atoms with Gasteiger partial charge in [-0.1, -0.05) is 42.5 Å². The topological polar surface area (TPSA) is 55.1 Å². The Balaban J connectivity index is 1.46. The Morgan fingerprint density at radius 1 is 1.12 bits per heavy atom. The lowest BCUT2D eigenvalue weighted by Gasteiger charge is -2.25. The van der Waals surface area contributed by atoms with Crippen LogP contribution < -0.4 is 0 Å². The molecule has 0 aliphatic heterocycles. The lowest BCUT2D eigenvalue weighted by atomic mass is 9.83. The summed E-state index contributed by atoms with van der Waals surface area (Å²) in [6.07, 6.45) is 6.34. The minimum absolute atomic E-state index is 0.00534. The molecule has 0 saturated carbocycles. The molecule has 4 rings (SSSR count). The van der Waals surface area contributed by atoms with E-state index in [2.05, 4.69) is 11.2 Å². The monoisotopic (exact) mass is 332 g/mol. The molecule has 0 radical (unpaired) electrons. The molecule has 2 aromatic carbocycles. The first-order valence-electron chi connectivity index (χ1n) is 8.62. The van der Waals surface area contributed by atoms with Crippen LogP contribution in [0.1, 0.15) is 33.5 Å². The number of hydrogen-bond donors (Lipinski definition) is 1. The third-order valence-electron chi connectivity index (χ3n) is 4.94. The molecule has 1 heterocycles. The van der Waals surface area contributed by atoms with E-state index < -0.39 is 0 Å². The van der Waals surface area contributed by atoms with Gasteiger partial charge in [0.15, 0.2) is 5.78 Å². The lowest BCUT2D eigenvalue weighted by Crippen LogP contribution is -2.19. The fourth-order valence-corrected chi connectivity index (χ4v) is 3.62. The number of rotatable bonds is 4. The average molecular weight is 332 g/mol. The van der Waals surface area contributed by atoms with Crippen molar-refractivity contribution < 1.29 is 9.90 Å². The maximum atomic E-state index is 12.5. The predicted octanol–water partition coefficient (Wildman–Crippen LogP) is 3.62. The van der Waals surface area contributed by atoms with E-state index in [9.17, 15) is 9.90 Å². The van der Waals surface area contributed by atoms with Crippen LogP contribution in [-0.4, -0.2) is 20.7 Å². The van der Waals surface area contributed by atoms with Crippen molar-refractivity contribution in [2.45, 2.75) is 25.8 Å². The van der Waals surface area contributed by atoms with Gasteiger partial charge in [0, 0.05) is 18.3 Å². The van der Waals surface area contributed by atoms with Crippen molar-refractivity contribution in [3.8, 4) is 5.75 Å². The molecule has 25 heavy (non-hydrogen) atoms. The molecule has 0 spiro atoms. The molecular formula is C21H20N2O2. The number of aromatic hydroxyl groups is 1. The van der Waals surface area contributed by atoms with Gasteiger partial charge in [-0.25, -0.2) is 0 Å². The highest BCUT2D eigenvalue weighted by Gasteiger charge is 2.21. The number of benzene rings is 2. The minimum Gasteiger partial charge on any atom is -0.508 e. The van der Waals surface area contributed by atoms with E-state index in [1.54, 1.807) is 12.3 Å². The van der Waals surface area contributed by atoms with E-state index in [-0.39, 0.29) is 5.78 Å². The Hall–Kier alpha value is -2.88. The summed E-state index contributed by atoms with van der Waals surface area (Å²) in [5.41, 5.74) is 3.62. The van der Waals surface area contributed by atoms with Crippen LogP contribution in [0.15, 0.2) is 60.9 Å². The fraction of sp³-hybridized carbons (Fsp3) is 0.238. The number of carbonyl (C=O) groups excluding carboxylic acids is 1. The molecule has 1 aliphatic rings. The van der Waals surface area contributed by atoms with E-state index in [1.807, 2.05) is 47.3 Å². The summed E-state index contributed by atoms with van der Waals surface area (Å²) in [7, 11) is 0. The Morgan fingerprint density at radius 3 is 2.80 bits per heavy atom. The van der Waals surface area contributed by atoms with Gasteiger partial charge in [-0.15, -0.1) is 0 Å². The van der Waals surface area contributed by atoms with E-state index in [0.717, 1.165) is 31.4 Å². The van der Waals surface area contributed by atoms with Gasteiger partial charge in [-0.3, -0.25) is 9.48 Å². The molecule has 1 aromatic heterocycles. The highest BCUT2D eigenvalue weighted by atomic mass is 16.3. The van der Waals surface area contributed by atoms with Crippen LogP contribution in [0.2, 0.25) is 0 Å². The van der Waals surface area contributed by atoms with Gasteiger partial charge in [-0.2, -0.15) is 5.10 Å². The highest BCUT2D eigenvalue weighted by molar-refractivity contribution is 6.08. The quantitative estimate of drug-likeness (QED) is 0.742. The molecule has 0 saturated heterocycles. The smallest absolute Gasteiger partial charge is 0.196 e. The number of ketones is 1. The summed E-state index contributed by atoms with van der Waals surface area (Å²) in [6.45, 7) is 0.789. The van der Waals surface area contributed by atoms with E-state index in [0.29, 0.717) is 22.8 Å². The Morgan fingerprint density at radius 2 is 1.96 bits per heavy atom. The largest absolute Gasteiger partial charge is 0.508 e. The van der Waals surface area contributed by atoms with Crippen molar-refractivity contribution >= 4 is 5.78 Å². The molecule has 0 bridgehead atoms. The van der Waals surface area contributed by atoms with E-state index in [1.165, 1.54) is 5.56 Å². The van der Waals surface area contributed by atoms with Crippen molar-refractivity contribution in [3.05, 3.63) is 83.2 Å². The van der Waals surface area contributed by atoms with Crippen LogP contribution in [-0.2, 0) is 19.4 Å². The minimum atomic E-state index is 0.00534. The predicted molar refractivity (Wildman–Crippen MR) is 95.7 cm³/mol. The highest BCUT2D eigenvalue weighted by Crippen LogP contribution is 2.32. The number of phenols is 1. The van der Waals surface area contributed by atoms with Crippen LogP contribution in [0.3, 0.4) is 0 Å². The van der Waals surface area contributed by atoms with Crippen LogP contribution in [0.25, 0.3) is 0 Å². The number of hydrogen-bond acceptors (Lipinski definition) is 3. The maximum absolute atomic E-state index is 12.5. The SMILES string of the molecule is O=C(c1ccccc1)c1cnn(CC2CCc3c(O)cccc3C2)c1. The molecular weight excluding hydrogens is 312 g/mol. The van der Waals surface area contributed by atoms with E-state index >= 15 is 0 Å². The molecule has 1 atom stereocenters. The molecule has 0 amide bonds. The lowest BCUT2D eigenvalue weighted by molar-refractivity contribution is 0.103. The summed E-state index contributed by atoms with van der Waals surface area (Å²) < 4.78 is 1.87. The van der Waals surface area contributed by atoms with Gasteiger partial charge in [0.1, 0.15) is 5.75 Å². The van der Waals surface area contributed by atoms with Crippen molar-refractivity contribution in [3.63, 3.8) is 0 Å². The summed E-state index contributed by atoms with van der Waals surface area (Å²) in [4.78, 5) is 12.5. The van der Waals surface area contributed by atoms with Gasteiger partial charge in [0.2, 0.25) is 0 Å². The molecule has 4 nitrogen and oxygen atoms in total. The van der Waals surface area contributed by atoms with Gasteiger partial charge < -0.3 is 5.11 Å². The van der Waals surface area contributed by atoms with Crippen LogP contribution in [0, 0.1) is 5.92 Å². The standard InChI is InChI=1S/C21H20N2O2/c24-20-8-4-7-17-11-15(9-10-19(17)20)13-23-14-18(12-22-23)21(25)16-5-2-1-3-6-16/h1-8,12,14-15,24H,9-11,13H2. The second-order valence-corrected chi connectivity index (χ2v) is 6.67. The zero-order chi connectivity index (χ0) is 17.2. The van der Waals surface area contributed by atoms with Crippen molar-refractivity contribution in [1.82, 2.24) is 9.78 Å². The molecule has 4 heteroatoms. The van der Waals surface area contributed by atoms with Crippen molar-refractivity contribution in [2.24, 2.45) is 5.92 Å². The Labute approximate surface area is 146 Å². The van der Waals surface area contributed by atoms with Crippen molar-refractivity contribution in [1.29, 1.82) is 0 Å². The normalized spacial score (nSPS) is 16.4. The zero-order valence-electron chi connectivity index (χ0n) is 13.9. The summed E-state index contributed by atoms with van der Waals surface area (Å²) in [5, 5.41) is 14.3. The van der Waals surface area contributed by atoms with Crippen LogP contribution >= 0.6 is 0 Å². The molecule has 0 fully saturated rings. The second kappa shape index (κ2) is 6.55. The first-order chi connectivity index (χ1) is 12.2. The molecule has 3 aromatic rings. The fourth-order valence-electron chi connectivity index (χ4n) is 3.62. The molecule has 126 valence electrons. The first-order valence-corrected chi connectivity index (χ1v) is 8.62. The number of carbonyl (C=O) groups is 1. The number of phenolic OH excluding ortho intramolecular Hbond substituents is 1. The van der Waals surface area contributed by atoms with Crippen LogP contribution in [0.5, 0.6) is 5.75 Å². The number of aromatic nitrogens is 2. The summed E-state index contributed by atoms with van der Waals surface area (Å²) >= 11 is 0. The second-order valence-electron chi connectivity index (χ2n) is 6.67. The first kappa shape index (κ1) is 15.6.